The highest BCUT2D eigenvalue weighted by Crippen LogP contribution is 2.22. The van der Waals surface area contributed by atoms with Crippen LogP contribution in [0.5, 0.6) is 0 Å². The molecule has 3 aromatic heterocycles. The first-order chi connectivity index (χ1) is 10.8. The fraction of sp³-hybridized carbons (Fsp3) is 0.250. The molecule has 118 valence electrons. The van der Waals surface area contributed by atoms with Crippen molar-refractivity contribution in [3.05, 3.63) is 36.9 Å². The first-order valence-corrected chi connectivity index (χ1v) is 7.08. The number of rotatable bonds is 3. The van der Waals surface area contributed by atoms with Crippen LogP contribution in [0.4, 0.5) is 10.2 Å². The minimum absolute atomic E-state index is 0.267. The lowest BCUT2D eigenvalue weighted by Gasteiger charge is -2.13. The molecule has 23 heavy (non-hydrogen) atoms. The molecule has 0 bridgehead atoms. The molecule has 0 unspecified atom stereocenters. The van der Waals surface area contributed by atoms with Crippen LogP contribution in [0.25, 0.3) is 22.3 Å². The van der Waals surface area contributed by atoms with Crippen molar-refractivity contribution in [2.24, 2.45) is 7.05 Å². The zero-order valence-electron chi connectivity index (χ0n) is 13.0. The van der Waals surface area contributed by atoms with Crippen LogP contribution in [0.2, 0.25) is 0 Å². The second-order valence-electron chi connectivity index (χ2n) is 5.78. The van der Waals surface area contributed by atoms with Crippen molar-refractivity contribution in [1.82, 2.24) is 19.5 Å². The van der Waals surface area contributed by atoms with Gasteiger partial charge in [0.1, 0.15) is 5.82 Å². The number of alkyl halides is 1. The number of carbonyl (C=O) groups is 1. The summed E-state index contributed by atoms with van der Waals surface area (Å²) in [4.78, 5) is 24.5. The normalized spacial score (nSPS) is 11.7. The molecule has 0 radical (unpaired) electrons. The highest BCUT2D eigenvalue weighted by atomic mass is 19.1. The molecule has 0 saturated carbocycles. The van der Waals surface area contributed by atoms with Crippen molar-refractivity contribution in [2.45, 2.75) is 19.5 Å². The lowest BCUT2D eigenvalue weighted by molar-refractivity contribution is -0.125. The number of aromatic nitrogens is 4. The number of aryl methyl sites for hydroxylation is 1. The second-order valence-corrected chi connectivity index (χ2v) is 5.78. The summed E-state index contributed by atoms with van der Waals surface area (Å²) in [5, 5.41) is 3.28. The minimum Gasteiger partial charge on any atom is -0.332 e. The maximum atomic E-state index is 13.6. The number of pyridine rings is 2. The third-order valence-corrected chi connectivity index (χ3v) is 3.43. The molecule has 7 heteroatoms. The van der Waals surface area contributed by atoms with Crippen LogP contribution in [-0.2, 0) is 11.8 Å². The fourth-order valence-corrected chi connectivity index (χ4v) is 2.10. The van der Waals surface area contributed by atoms with Gasteiger partial charge in [0.15, 0.2) is 5.67 Å². The van der Waals surface area contributed by atoms with Crippen LogP contribution < -0.4 is 5.32 Å². The average molecular weight is 313 g/mol. The van der Waals surface area contributed by atoms with Gasteiger partial charge in [-0.05, 0) is 26.0 Å². The molecule has 3 rings (SSSR count). The Labute approximate surface area is 132 Å². The molecule has 0 saturated heterocycles. The van der Waals surface area contributed by atoms with E-state index in [-0.39, 0.29) is 5.82 Å². The molecule has 1 amide bonds. The lowest BCUT2D eigenvalue weighted by atomic mass is 10.1. The summed E-state index contributed by atoms with van der Waals surface area (Å²) >= 11 is 0. The molecular weight excluding hydrogens is 297 g/mol. The number of imidazole rings is 1. The van der Waals surface area contributed by atoms with Gasteiger partial charge in [-0.25, -0.2) is 19.3 Å². The number of hydrogen-bond donors (Lipinski definition) is 1. The molecule has 0 fully saturated rings. The van der Waals surface area contributed by atoms with Crippen molar-refractivity contribution in [2.75, 3.05) is 5.32 Å². The van der Waals surface area contributed by atoms with Gasteiger partial charge in [0.25, 0.3) is 5.91 Å². The number of nitrogens with zero attached hydrogens (tertiary/aromatic N) is 4. The number of halogens is 1. The van der Waals surface area contributed by atoms with Gasteiger partial charge in [0.05, 0.1) is 29.4 Å². The zero-order valence-corrected chi connectivity index (χ0v) is 13.0. The molecule has 0 spiro atoms. The van der Waals surface area contributed by atoms with Crippen LogP contribution in [-0.4, -0.2) is 31.1 Å². The van der Waals surface area contributed by atoms with Crippen molar-refractivity contribution in [3.63, 3.8) is 0 Å². The van der Waals surface area contributed by atoms with E-state index in [0.29, 0.717) is 5.52 Å². The van der Waals surface area contributed by atoms with Gasteiger partial charge in [0.2, 0.25) is 0 Å². The summed E-state index contributed by atoms with van der Waals surface area (Å²) in [6.45, 7) is 2.39. The van der Waals surface area contributed by atoms with Crippen LogP contribution >= 0.6 is 0 Å². The van der Waals surface area contributed by atoms with Gasteiger partial charge < -0.3 is 9.88 Å². The number of hydrogen-bond acceptors (Lipinski definition) is 4. The Bertz CT molecular complexity index is 882. The van der Waals surface area contributed by atoms with Crippen molar-refractivity contribution in [3.8, 4) is 11.4 Å². The Kier molecular flexibility index (Phi) is 3.55. The number of fused-ring (bicyclic) bond motifs is 1. The summed E-state index contributed by atoms with van der Waals surface area (Å²) in [6, 6.07) is 5.39. The maximum Gasteiger partial charge on any atom is 0.262 e. The number of amides is 1. The van der Waals surface area contributed by atoms with E-state index < -0.39 is 11.6 Å². The third-order valence-electron chi connectivity index (χ3n) is 3.43. The molecular formula is C16H16FN5O. The highest BCUT2D eigenvalue weighted by Gasteiger charge is 2.26. The van der Waals surface area contributed by atoms with Crippen molar-refractivity contribution < 1.29 is 9.18 Å². The molecule has 0 aliphatic carbocycles. The molecule has 1 N–H and O–H groups in total. The summed E-state index contributed by atoms with van der Waals surface area (Å²) in [5.74, 6) is -0.477. The van der Waals surface area contributed by atoms with E-state index >= 15 is 0 Å². The van der Waals surface area contributed by atoms with Gasteiger partial charge in [-0.2, -0.15) is 0 Å². The SMILES string of the molecule is Cn1cncc1-c1ccc2cnc(NC(=O)C(C)(C)F)cc2n1. The minimum atomic E-state index is -1.97. The largest absolute Gasteiger partial charge is 0.332 e. The van der Waals surface area contributed by atoms with Gasteiger partial charge in [0, 0.05) is 24.7 Å². The quantitative estimate of drug-likeness (QED) is 0.807. The van der Waals surface area contributed by atoms with E-state index in [1.807, 2.05) is 23.7 Å². The molecule has 0 aliphatic heterocycles. The Balaban J connectivity index is 1.98. The summed E-state index contributed by atoms with van der Waals surface area (Å²) in [7, 11) is 1.88. The smallest absolute Gasteiger partial charge is 0.262 e. The molecule has 3 heterocycles. The monoisotopic (exact) mass is 313 g/mol. The number of nitrogens with one attached hydrogen (secondary N) is 1. The van der Waals surface area contributed by atoms with E-state index in [2.05, 4.69) is 20.3 Å². The van der Waals surface area contributed by atoms with Crippen LogP contribution in [0, 0.1) is 0 Å². The van der Waals surface area contributed by atoms with Crippen LogP contribution in [0.15, 0.2) is 36.9 Å². The molecule has 6 nitrogen and oxygen atoms in total. The Morgan fingerprint density at radius 3 is 2.74 bits per heavy atom. The van der Waals surface area contributed by atoms with Gasteiger partial charge in [-0.15, -0.1) is 0 Å². The highest BCUT2D eigenvalue weighted by molar-refractivity contribution is 5.97. The van der Waals surface area contributed by atoms with E-state index in [9.17, 15) is 9.18 Å². The van der Waals surface area contributed by atoms with Crippen molar-refractivity contribution in [1.29, 1.82) is 0 Å². The summed E-state index contributed by atoms with van der Waals surface area (Å²) in [6.07, 6.45) is 5.02. The number of anilines is 1. The van der Waals surface area contributed by atoms with Gasteiger partial charge in [-0.3, -0.25) is 4.79 Å². The predicted molar refractivity (Wildman–Crippen MR) is 85.6 cm³/mol. The second kappa shape index (κ2) is 5.42. The molecule has 0 aromatic carbocycles. The molecule has 0 aliphatic rings. The van der Waals surface area contributed by atoms with E-state index in [1.165, 1.54) is 13.8 Å². The Hall–Kier alpha value is -2.83. The summed E-state index contributed by atoms with van der Waals surface area (Å²) < 4.78 is 15.5. The average Bonchev–Trinajstić information content (AvgIpc) is 2.91. The lowest BCUT2D eigenvalue weighted by Crippen LogP contribution is -2.32. The number of carbonyl (C=O) groups excluding carboxylic acids is 1. The van der Waals surface area contributed by atoms with E-state index in [4.69, 9.17) is 0 Å². The topological polar surface area (TPSA) is 72.7 Å². The van der Waals surface area contributed by atoms with Crippen LogP contribution in [0.1, 0.15) is 13.8 Å². The predicted octanol–water partition coefficient (Wildman–Crippen LogP) is 2.72. The van der Waals surface area contributed by atoms with E-state index in [1.54, 1.807) is 24.8 Å². The van der Waals surface area contributed by atoms with E-state index in [0.717, 1.165) is 16.8 Å². The first-order valence-electron chi connectivity index (χ1n) is 7.08. The fourth-order valence-electron chi connectivity index (χ4n) is 2.10. The standard InChI is InChI=1S/C16H16FN5O/c1-16(2,17)15(23)21-14-6-12-10(7-19-14)4-5-11(20-12)13-8-18-9-22(13)3/h4-9H,1-3H3,(H,19,21,23). The molecule has 3 aromatic rings. The third kappa shape index (κ3) is 3.03. The zero-order chi connectivity index (χ0) is 16.6. The maximum absolute atomic E-state index is 13.6. The first kappa shape index (κ1) is 15.1. The van der Waals surface area contributed by atoms with Crippen LogP contribution in [0.3, 0.4) is 0 Å². The Morgan fingerprint density at radius 2 is 2.09 bits per heavy atom. The van der Waals surface area contributed by atoms with Gasteiger partial charge >= 0.3 is 0 Å². The van der Waals surface area contributed by atoms with Gasteiger partial charge in [-0.1, -0.05) is 0 Å². The van der Waals surface area contributed by atoms with Crippen molar-refractivity contribution >= 4 is 22.6 Å². The summed E-state index contributed by atoms with van der Waals surface area (Å²) in [5.41, 5.74) is 0.317. The Morgan fingerprint density at radius 1 is 1.30 bits per heavy atom. The molecule has 0 atom stereocenters.